The average Bonchev–Trinajstić information content (AvgIpc) is 3.87. The highest BCUT2D eigenvalue weighted by Gasteiger charge is 2.44. The normalized spacial score (nSPS) is 22.7. The Morgan fingerprint density at radius 1 is 0.852 bits per heavy atom. The average molecular weight is 751 g/mol. The van der Waals surface area contributed by atoms with Crippen LogP contribution < -0.4 is 10.2 Å². The molecule has 54 heavy (non-hydrogen) atoms. The SMILES string of the molecule is O=C(O)C(F)(F)F.OC[C@H]1CN(c2nc(NCC(c3ccccc3)c3ccccc3)c3ncn([C@@H]4O[C@H](CO)[C@@H](O)[C@H]4O)c3n2)C[C@@H]1Cc1ccccc1. The molecule has 2 aliphatic rings. The smallest absolute Gasteiger partial charge is 0.475 e. The maximum Gasteiger partial charge on any atom is 0.490 e. The Hall–Kier alpha value is -5.13. The van der Waals surface area contributed by atoms with Gasteiger partial charge in [-0.2, -0.15) is 23.1 Å². The zero-order valence-corrected chi connectivity index (χ0v) is 28.9. The number of ether oxygens (including phenoxy) is 1. The van der Waals surface area contributed by atoms with E-state index < -0.39 is 43.3 Å². The molecule has 5 aromatic rings. The number of fused-ring (bicyclic) bond motifs is 1. The van der Waals surface area contributed by atoms with E-state index in [-0.39, 0.29) is 24.4 Å². The molecule has 13 nitrogen and oxygen atoms in total. The highest BCUT2D eigenvalue weighted by atomic mass is 19.4. The summed E-state index contributed by atoms with van der Waals surface area (Å²) >= 11 is 0. The number of hydrogen-bond donors (Lipinski definition) is 6. The molecule has 2 aromatic heterocycles. The van der Waals surface area contributed by atoms with Crippen LogP contribution in [0.2, 0.25) is 0 Å². The Balaban J connectivity index is 0.000000649. The summed E-state index contributed by atoms with van der Waals surface area (Å²) in [5, 5.41) is 52.1. The van der Waals surface area contributed by atoms with Crippen LogP contribution in [-0.4, -0.2) is 108 Å². The van der Waals surface area contributed by atoms with Gasteiger partial charge in [-0.05, 0) is 29.0 Å². The summed E-state index contributed by atoms with van der Waals surface area (Å²) in [7, 11) is 0. The van der Waals surface area contributed by atoms with Crippen molar-refractivity contribution in [3.05, 3.63) is 114 Å². The van der Waals surface area contributed by atoms with Crippen LogP contribution in [0.15, 0.2) is 97.3 Å². The second kappa shape index (κ2) is 16.9. The molecule has 16 heteroatoms. The Bertz CT molecular complexity index is 1930. The Kier molecular flexibility index (Phi) is 12.1. The summed E-state index contributed by atoms with van der Waals surface area (Å²) in [5.74, 6) is -1.50. The first-order chi connectivity index (χ1) is 26.0. The first-order valence-electron chi connectivity index (χ1n) is 17.4. The standard InChI is InChI=1S/C36H40N6O5.C2HF3O2/c43-20-27-19-41(18-26(27)16-23-10-4-1-5-11-23)36-39-33(37-17-28(24-12-6-2-7-13-24)25-14-8-3-9-15-25)30-34(40-36)42(22-38-30)35-32(46)31(45)29(21-44)47-35;3-2(4,5)1(6)7/h1-15,22,26-29,31-32,35,43-46H,16-21H2,(H,37,39,40);(H,6,7)/t26-,27+,29+,31+,32+,35+;/m0./s1. The lowest BCUT2D eigenvalue weighted by Gasteiger charge is -2.22. The van der Waals surface area contributed by atoms with Crippen LogP contribution in [0.3, 0.4) is 0 Å². The van der Waals surface area contributed by atoms with Crippen molar-refractivity contribution in [1.29, 1.82) is 0 Å². The van der Waals surface area contributed by atoms with Crippen LogP contribution in [-0.2, 0) is 16.0 Å². The van der Waals surface area contributed by atoms with Crippen LogP contribution in [0.25, 0.3) is 11.2 Å². The fourth-order valence-electron chi connectivity index (χ4n) is 6.92. The number of alkyl halides is 3. The van der Waals surface area contributed by atoms with Gasteiger partial charge in [-0.3, -0.25) is 4.57 Å². The van der Waals surface area contributed by atoms with Crippen molar-refractivity contribution in [2.75, 3.05) is 43.1 Å². The minimum atomic E-state index is -5.08. The maximum absolute atomic E-state index is 10.9. The van der Waals surface area contributed by atoms with Gasteiger partial charge in [-0.15, -0.1) is 0 Å². The number of aliphatic carboxylic acids is 1. The van der Waals surface area contributed by atoms with Gasteiger partial charge in [0.05, 0.1) is 12.9 Å². The first kappa shape index (κ1) is 38.6. The molecule has 4 heterocycles. The van der Waals surface area contributed by atoms with Crippen LogP contribution in [0.4, 0.5) is 24.9 Å². The van der Waals surface area contributed by atoms with Crippen molar-refractivity contribution in [1.82, 2.24) is 19.5 Å². The van der Waals surface area contributed by atoms with Gasteiger partial charge >= 0.3 is 12.1 Å². The molecule has 6 atom stereocenters. The molecule has 0 bridgehead atoms. The molecule has 0 spiro atoms. The van der Waals surface area contributed by atoms with Crippen LogP contribution >= 0.6 is 0 Å². The van der Waals surface area contributed by atoms with E-state index in [1.54, 1.807) is 4.57 Å². The third-order valence-electron chi connectivity index (χ3n) is 9.76. The topological polar surface area (TPSA) is 186 Å². The minimum absolute atomic E-state index is 0.0224. The molecule has 286 valence electrons. The van der Waals surface area contributed by atoms with Crippen molar-refractivity contribution in [3.63, 3.8) is 0 Å². The zero-order chi connectivity index (χ0) is 38.4. The van der Waals surface area contributed by atoms with Gasteiger partial charge in [0.1, 0.15) is 18.3 Å². The van der Waals surface area contributed by atoms with Crippen molar-refractivity contribution >= 4 is 28.9 Å². The molecule has 2 aliphatic heterocycles. The molecule has 7 rings (SSSR count). The molecule has 0 radical (unpaired) electrons. The molecule has 2 saturated heterocycles. The van der Waals surface area contributed by atoms with E-state index >= 15 is 0 Å². The van der Waals surface area contributed by atoms with Gasteiger partial charge in [0.15, 0.2) is 23.2 Å². The number of carboxylic acid groups (broad SMARTS) is 1. The molecular weight excluding hydrogens is 709 g/mol. The minimum Gasteiger partial charge on any atom is -0.475 e. The van der Waals surface area contributed by atoms with Crippen LogP contribution in [0, 0.1) is 11.8 Å². The van der Waals surface area contributed by atoms with E-state index in [0.29, 0.717) is 42.6 Å². The van der Waals surface area contributed by atoms with Gasteiger partial charge < -0.3 is 40.5 Å². The third-order valence-corrected chi connectivity index (χ3v) is 9.76. The number of aliphatic hydroxyl groups excluding tert-OH is 4. The van der Waals surface area contributed by atoms with Crippen molar-refractivity contribution in [2.45, 2.75) is 43.1 Å². The second-order valence-corrected chi connectivity index (χ2v) is 13.3. The molecule has 0 amide bonds. The van der Waals surface area contributed by atoms with Gasteiger partial charge in [-0.25, -0.2) is 9.78 Å². The third kappa shape index (κ3) is 8.63. The fraction of sp³-hybridized carbons (Fsp3) is 0.368. The quantitative estimate of drug-likeness (QED) is 0.115. The van der Waals surface area contributed by atoms with E-state index in [2.05, 4.69) is 51.6 Å². The highest BCUT2D eigenvalue weighted by Crippen LogP contribution is 2.36. The van der Waals surface area contributed by atoms with E-state index in [1.807, 2.05) is 54.6 Å². The number of imidazole rings is 1. The van der Waals surface area contributed by atoms with Gasteiger partial charge in [-0.1, -0.05) is 91.0 Å². The van der Waals surface area contributed by atoms with E-state index in [4.69, 9.17) is 24.6 Å². The number of rotatable bonds is 11. The van der Waals surface area contributed by atoms with Crippen molar-refractivity contribution < 1.29 is 48.2 Å². The van der Waals surface area contributed by atoms with Crippen LogP contribution in [0.5, 0.6) is 0 Å². The number of halogens is 3. The summed E-state index contributed by atoms with van der Waals surface area (Å²) in [4.78, 5) is 25.6. The Morgan fingerprint density at radius 3 is 1.96 bits per heavy atom. The first-order valence-corrected chi connectivity index (χ1v) is 17.4. The highest BCUT2D eigenvalue weighted by molar-refractivity contribution is 5.84. The van der Waals surface area contributed by atoms with Gasteiger partial charge in [0.2, 0.25) is 5.95 Å². The van der Waals surface area contributed by atoms with Gasteiger partial charge in [0, 0.05) is 38.1 Å². The summed E-state index contributed by atoms with van der Waals surface area (Å²) < 4.78 is 39.2. The second-order valence-electron chi connectivity index (χ2n) is 13.3. The number of anilines is 2. The number of aliphatic hydroxyl groups is 4. The zero-order valence-electron chi connectivity index (χ0n) is 28.9. The number of nitrogens with one attached hydrogen (secondary N) is 1. The molecule has 0 aliphatic carbocycles. The molecule has 0 unspecified atom stereocenters. The van der Waals surface area contributed by atoms with E-state index in [0.717, 1.165) is 17.5 Å². The number of aromatic nitrogens is 4. The summed E-state index contributed by atoms with van der Waals surface area (Å²) in [6.07, 6.45) is -7.22. The van der Waals surface area contributed by atoms with Gasteiger partial charge in [0.25, 0.3) is 0 Å². The monoisotopic (exact) mass is 750 g/mol. The number of benzene rings is 3. The van der Waals surface area contributed by atoms with Crippen LogP contribution in [0.1, 0.15) is 28.8 Å². The molecule has 2 fully saturated rings. The van der Waals surface area contributed by atoms with Crippen molar-refractivity contribution in [3.8, 4) is 0 Å². The predicted molar refractivity (Wildman–Crippen MR) is 192 cm³/mol. The number of carbonyl (C=O) groups is 1. The van der Waals surface area contributed by atoms with E-state index in [9.17, 15) is 33.6 Å². The summed E-state index contributed by atoms with van der Waals surface area (Å²) in [6.45, 7) is 1.38. The van der Waals surface area contributed by atoms with Crippen molar-refractivity contribution in [2.24, 2.45) is 11.8 Å². The molecule has 3 aromatic carbocycles. The summed E-state index contributed by atoms with van der Waals surface area (Å²) in [5.41, 5.74) is 4.44. The predicted octanol–water partition coefficient (Wildman–Crippen LogP) is 3.60. The lowest BCUT2D eigenvalue weighted by Crippen LogP contribution is -2.33. The number of nitrogens with zero attached hydrogens (tertiary/aromatic N) is 5. The number of hydrogen-bond acceptors (Lipinski definition) is 11. The Morgan fingerprint density at radius 2 is 1.43 bits per heavy atom. The molecule has 6 N–H and O–H groups in total. The lowest BCUT2D eigenvalue weighted by molar-refractivity contribution is -0.192. The number of carboxylic acids is 1. The van der Waals surface area contributed by atoms with E-state index in [1.165, 1.54) is 11.9 Å². The molecule has 0 saturated carbocycles. The lowest BCUT2D eigenvalue weighted by atomic mass is 9.90. The molecular formula is C38H41F3N6O7. The maximum atomic E-state index is 10.9. The summed E-state index contributed by atoms with van der Waals surface area (Å²) in [6, 6.07) is 30.9. The largest absolute Gasteiger partial charge is 0.490 e. The Labute approximate surface area is 308 Å². The fourth-order valence-corrected chi connectivity index (χ4v) is 6.92.